The van der Waals surface area contributed by atoms with Gasteiger partial charge in [0.25, 0.3) is 0 Å². The maximum absolute atomic E-state index is 11.4. The minimum atomic E-state index is -1.04. The molecule has 1 aromatic rings. The highest BCUT2D eigenvalue weighted by Crippen LogP contribution is 2.30. The van der Waals surface area contributed by atoms with Crippen LogP contribution in [0.15, 0.2) is 18.2 Å². The lowest BCUT2D eigenvalue weighted by molar-refractivity contribution is -0.126. The number of nitrogens with zero attached hydrogens (tertiary/aromatic N) is 2. The maximum Gasteiger partial charge on any atom is 0.354 e. The Morgan fingerprint density at radius 3 is 2.84 bits per heavy atom. The Morgan fingerprint density at radius 1 is 1.53 bits per heavy atom. The second-order valence-corrected chi connectivity index (χ2v) is 5.20. The summed E-state index contributed by atoms with van der Waals surface area (Å²) in [6.45, 7) is 3.74. The zero-order valence-corrected chi connectivity index (χ0v) is 10.8. The molecule has 0 aromatic carbocycles. The number of aromatic carboxylic acids is 1. The number of carboxylic acid groups (broad SMARTS) is 1. The lowest BCUT2D eigenvalue weighted by Gasteiger charge is -2.20. The minimum Gasteiger partial charge on any atom is -0.477 e. The first-order valence-electron chi connectivity index (χ1n) is 6.12. The number of nitrogens with two attached hydrogens (primary N) is 1. The van der Waals surface area contributed by atoms with Gasteiger partial charge in [-0.15, -0.1) is 0 Å². The fourth-order valence-electron chi connectivity index (χ4n) is 2.31. The van der Waals surface area contributed by atoms with Crippen LogP contribution in [0.25, 0.3) is 0 Å². The third kappa shape index (κ3) is 2.90. The topological polar surface area (TPSA) is 96.5 Å². The fraction of sp³-hybridized carbons (Fsp3) is 0.462. The number of hydrogen-bond donors (Lipinski definition) is 2. The summed E-state index contributed by atoms with van der Waals surface area (Å²) in [5, 5.41) is 8.89. The zero-order chi connectivity index (χ0) is 14.0. The van der Waals surface area contributed by atoms with E-state index < -0.39 is 11.4 Å². The van der Waals surface area contributed by atoms with Crippen molar-refractivity contribution in [2.24, 2.45) is 11.1 Å². The van der Waals surface area contributed by atoms with Gasteiger partial charge in [-0.2, -0.15) is 0 Å². The molecule has 0 saturated carbocycles. The molecule has 1 fully saturated rings. The Hall–Kier alpha value is -1.95. The van der Waals surface area contributed by atoms with Crippen LogP contribution in [0.1, 0.15) is 29.5 Å². The number of pyridine rings is 1. The summed E-state index contributed by atoms with van der Waals surface area (Å²) in [4.78, 5) is 28.4. The number of carboxylic acids is 1. The van der Waals surface area contributed by atoms with Gasteiger partial charge in [-0.25, -0.2) is 9.78 Å². The molecule has 1 aliphatic heterocycles. The van der Waals surface area contributed by atoms with Gasteiger partial charge in [0.15, 0.2) is 0 Å². The van der Waals surface area contributed by atoms with Crippen LogP contribution in [0.2, 0.25) is 0 Å². The molecule has 1 amide bonds. The molecule has 0 radical (unpaired) electrons. The third-order valence-electron chi connectivity index (χ3n) is 3.56. The Labute approximate surface area is 111 Å². The number of likely N-dealkylation sites (tertiary alicyclic amines) is 1. The van der Waals surface area contributed by atoms with E-state index in [9.17, 15) is 9.59 Å². The van der Waals surface area contributed by atoms with Crippen LogP contribution in [0.4, 0.5) is 0 Å². The molecule has 3 N–H and O–H groups in total. The molecule has 1 aliphatic rings. The van der Waals surface area contributed by atoms with E-state index in [2.05, 4.69) is 9.88 Å². The lowest BCUT2D eigenvalue weighted by Crippen LogP contribution is -2.37. The maximum atomic E-state index is 11.4. The molecule has 1 unspecified atom stereocenters. The minimum absolute atomic E-state index is 0.0364. The molecular formula is C13H17N3O3. The van der Waals surface area contributed by atoms with Crippen molar-refractivity contribution in [3.05, 3.63) is 29.6 Å². The summed E-state index contributed by atoms with van der Waals surface area (Å²) in [5.41, 5.74) is 5.62. The quantitative estimate of drug-likeness (QED) is 0.823. The van der Waals surface area contributed by atoms with Crippen molar-refractivity contribution in [2.45, 2.75) is 19.9 Å². The first-order valence-corrected chi connectivity index (χ1v) is 6.12. The van der Waals surface area contributed by atoms with Gasteiger partial charge in [-0.05, 0) is 32.0 Å². The summed E-state index contributed by atoms with van der Waals surface area (Å²) in [6, 6.07) is 4.92. The third-order valence-corrected chi connectivity index (χ3v) is 3.56. The summed E-state index contributed by atoms with van der Waals surface area (Å²) in [5.74, 6) is -1.33. The van der Waals surface area contributed by atoms with E-state index in [1.165, 1.54) is 6.07 Å². The van der Waals surface area contributed by atoms with Crippen molar-refractivity contribution in [1.82, 2.24) is 9.88 Å². The molecule has 0 bridgehead atoms. The fourth-order valence-corrected chi connectivity index (χ4v) is 2.31. The van der Waals surface area contributed by atoms with Crippen LogP contribution in [-0.4, -0.2) is 40.0 Å². The number of carbonyl (C=O) groups is 2. The van der Waals surface area contributed by atoms with E-state index in [0.717, 1.165) is 13.0 Å². The molecule has 2 rings (SSSR count). The van der Waals surface area contributed by atoms with Crippen molar-refractivity contribution in [1.29, 1.82) is 0 Å². The second kappa shape index (κ2) is 4.97. The van der Waals surface area contributed by atoms with E-state index in [-0.39, 0.29) is 11.6 Å². The van der Waals surface area contributed by atoms with Gasteiger partial charge in [0, 0.05) is 13.1 Å². The Morgan fingerprint density at radius 2 is 2.26 bits per heavy atom. The van der Waals surface area contributed by atoms with E-state index in [0.29, 0.717) is 18.8 Å². The first kappa shape index (κ1) is 13.5. The van der Waals surface area contributed by atoms with E-state index >= 15 is 0 Å². The number of amides is 1. The molecule has 2 heterocycles. The summed E-state index contributed by atoms with van der Waals surface area (Å²) >= 11 is 0. The largest absolute Gasteiger partial charge is 0.477 e. The predicted octanol–water partition coefficient (Wildman–Crippen LogP) is 0.477. The highest BCUT2D eigenvalue weighted by molar-refractivity contribution is 5.85. The lowest BCUT2D eigenvalue weighted by atomic mass is 9.89. The SMILES string of the molecule is CC1(C(N)=O)CCN(Cc2cccc(C(=O)O)n2)C1. The average molecular weight is 263 g/mol. The van der Waals surface area contributed by atoms with E-state index in [1.807, 2.05) is 6.92 Å². The van der Waals surface area contributed by atoms with Gasteiger partial charge in [-0.3, -0.25) is 9.69 Å². The van der Waals surface area contributed by atoms with Crippen molar-refractivity contribution in [2.75, 3.05) is 13.1 Å². The van der Waals surface area contributed by atoms with E-state index in [4.69, 9.17) is 10.8 Å². The highest BCUT2D eigenvalue weighted by Gasteiger charge is 2.38. The number of hydrogen-bond acceptors (Lipinski definition) is 4. The van der Waals surface area contributed by atoms with Crippen molar-refractivity contribution >= 4 is 11.9 Å². The van der Waals surface area contributed by atoms with E-state index in [1.54, 1.807) is 12.1 Å². The van der Waals surface area contributed by atoms with Crippen molar-refractivity contribution < 1.29 is 14.7 Å². The number of primary amides is 1. The summed E-state index contributed by atoms with van der Waals surface area (Å²) in [7, 11) is 0. The van der Waals surface area contributed by atoms with Crippen LogP contribution >= 0.6 is 0 Å². The van der Waals surface area contributed by atoms with Crippen LogP contribution in [0.3, 0.4) is 0 Å². The molecule has 0 aliphatic carbocycles. The molecule has 6 heteroatoms. The van der Waals surface area contributed by atoms with Crippen LogP contribution < -0.4 is 5.73 Å². The van der Waals surface area contributed by atoms with Gasteiger partial charge >= 0.3 is 5.97 Å². The molecule has 1 saturated heterocycles. The van der Waals surface area contributed by atoms with Crippen LogP contribution in [-0.2, 0) is 11.3 Å². The standard InChI is InChI=1S/C13H17N3O3/c1-13(12(14)19)5-6-16(8-13)7-9-3-2-4-10(15-9)11(17)18/h2-4H,5-8H2,1H3,(H2,14,19)(H,17,18). The molecular weight excluding hydrogens is 246 g/mol. The smallest absolute Gasteiger partial charge is 0.354 e. The van der Waals surface area contributed by atoms with Crippen molar-refractivity contribution in [3.8, 4) is 0 Å². The summed E-state index contributed by atoms with van der Waals surface area (Å²) in [6.07, 6.45) is 0.723. The van der Waals surface area contributed by atoms with Gasteiger partial charge in [0.05, 0.1) is 11.1 Å². The summed E-state index contributed by atoms with van der Waals surface area (Å²) < 4.78 is 0. The highest BCUT2D eigenvalue weighted by atomic mass is 16.4. The molecule has 1 aromatic heterocycles. The Bertz CT molecular complexity index is 518. The molecule has 102 valence electrons. The van der Waals surface area contributed by atoms with Gasteiger partial charge in [0.2, 0.25) is 5.91 Å². The Kier molecular flexibility index (Phi) is 3.53. The second-order valence-electron chi connectivity index (χ2n) is 5.20. The van der Waals surface area contributed by atoms with Crippen LogP contribution in [0, 0.1) is 5.41 Å². The van der Waals surface area contributed by atoms with Crippen molar-refractivity contribution in [3.63, 3.8) is 0 Å². The van der Waals surface area contributed by atoms with Gasteiger partial charge in [-0.1, -0.05) is 6.07 Å². The predicted molar refractivity (Wildman–Crippen MR) is 68.4 cm³/mol. The Balaban J connectivity index is 2.05. The van der Waals surface area contributed by atoms with Gasteiger partial charge < -0.3 is 10.8 Å². The van der Waals surface area contributed by atoms with Gasteiger partial charge in [0.1, 0.15) is 5.69 Å². The number of carbonyl (C=O) groups excluding carboxylic acids is 1. The first-order chi connectivity index (χ1) is 8.90. The molecule has 19 heavy (non-hydrogen) atoms. The molecule has 6 nitrogen and oxygen atoms in total. The number of aromatic nitrogens is 1. The normalized spacial score (nSPS) is 23.4. The molecule has 0 spiro atoms. The number of rotatable bonds is 4. The zero-order valence-electron chi connectivity index (χ0n) is 10.8. The van der Waals surface area contributed by atoms with Crippen LogP contribution in [0.5, 0.6) is 0 Å². The monoisotopic (exact) mass is 263 g/mol. The average Bonchev–Trinajstić information content (AvgIpc) is 2.72. The molecule has 1 atom stereocenters.